The highest BCUT2D eigenvalue weighted by Crippen LogP contribution is 2.47. The second-order valence-electron chi connectivity index (χ2n) is 13.4. The number of thiazole rings is 1. The summed E-state index contributed by atoms with van der Waals surface area (Å²) in [5.41, 5.74) is 2.03. The third-order valence-corrected chi connectivity index (χ3v) is 10.9. The average molecular weight is 649 g/mol. The largest absolute Gasteiger partial charge is 0.496 e. The predicted molar refractivity (Wildman–Crippen MR) is 177 cm³/mol. The van der Waals surface area contributed by atoms with E-state index < -0.39 is 35.7 Å². The molecule has 2 saturated carbocycles. The van der Waals surface area contributed by atoms with Crippen molar-refractivity contribution in [3.63, 3.8) is 0 Å². The molecule has 3 heterocycles. The first-order chi connectivity index (χ1) is 22.0. The molecule has 1 aromatic carbocycles. The maximum absolute atomic E-state index is 13.9. The Morgan fingerprint density at radius 3 is 2.72 bits per heavy atom. The molecule has 1 aliphatic heterocycles. The summed E-state index contributed by atoms with van der Waals surface area (Å²) in [7, 11) is 3.51. The summed E-state index contributed by atoms with van der Waals surface area (Å²) in [6, 6.07) is 5.75. The van der Waals surface area contributed by atoms with Crippen LogP contribution in [-0.4, -0.2) is 75.5 Å². The number of pyridine rings is 1. The number of aliphatic carboxylic acids is 1. The maximum Gasteiger partial charge on any atom is 0.330 e. The van der Waals surface area contributed by atoms with Crippen LogP contribution in [0.5, 0.6) is 11.5 Å². The molecule has 3 aliphatic rings. The molecule has 4 unspecified atom stereocenters. The summed E-state index contributed by atoms with van der Waals surface area (Å²) >= 11 is 1.54. The molecule has 246 valence electrons. The predicted octanol–water partition coefficient (Wildman–Crippen LogP) is 5.52. The molecule has 0 spiro atoms. The van der Waals surface area contributed by atoms with Gasteiger partial charge in [0.15, 0.2) is 0 Å². The summed E-state index contributed by atoms with van der Waals surface area (Å²) < 4.78 is 12.4. The van der Waals surface area contributed by atoms with Gasteiger partial charge in [-0.25, -0.2) is 14.8 Å². The number of benzene rings is 1. The van der Waals surface area contributed by atoms with Crippen molar-refractivity contribution >= 4 is 34.1 Å². The van der Waals surface area contributed by atoms with Crippen molar-refractivity contribution in [1.82, 2.24) is 20.2 Å². The molecule has 2 aliphatic carbocycles. The van der Waals surface area contributed by atoms with Crippen molar-refractivity contribution in [2.75, 3.05) is 20.7 Å². The number of amides is 1. The molecular weight excluding hydrogens is 604 g/mol. The quantitative estimate of drug-likeness (QED) is 0.295. The highest BCUT2D eigenvalue weighted by atomic mass is 32.1. The SMILES string of the molecule is COc1ccc2c(O[C@H]3CC4C(O)N(C)CCCC/C=C\C5CC5(C(=O)O)NC(=O)[C@@H]4C3)cc(-c3nc(C(C)C)cs3)nc2c1C. The third-order valence-electron chi connectivity index (χ3n) is 9.98. The number of hydrogen-bond donors (Lipinski definition) is 3. The number of hydrogen-bond acceptors (Lipinski definition) is 9. The van der Waals surface area contributed by atoms with Gasteiger partial charge in [0.2, 0.25) is 5.91 Å². The molecule has 0 saturated heterocycles. The number of carboxylic acid groups (broad SMARTS) is 1. The molecule has 10 nitrogen and oxygen atoms in total. The molecular formula is C35H44N4O6S. The number of carboxylic acids is 1. The Labute approximate surface area is 273 Å². The minimum atomic E-state index is -1.30. The topological polar surface area (TPSA) is 134 Å². The first-order valence-electron chi connectivity index (χ1n) is 16.2. The molecule has 2 aromatic heterocycles. The second-order valence-corrected chi connectivity index (χ2v) is 14.3. The van der Waals surface area contributed by atoms with Crippen LogP contribution in [0.15, 0.2) is 35.7 Å². The molecule has 0 radical (unpaired) electrons. The van der Waals surface area contributed by atoms with Crippen molar-refractivity contribution in [3.05, 3.63) is 47.0 Å². The summed E-state index contributed by atoms with van der Waals surface area (Å²) in [5, 5.41) is 28.2. The number of carbonyl (C=O) groups is 2. The van der Waals surface area contributed by atoms with Crippen LogP contribution in [0.2, 0.25) is 0 Å². The minimum Gasteiger partial charge on any atom is -0.496 e. The molecule has 3 N–H and O–H groups in total. The number of nitrogens with zero attached hydrogens (tertiary/aromatic N) is 3. The van der Waals surface area contributed by atoms with Crippen LogP contribution in [0.25, 0.3) is 21.6 Å². The Balaban J connectivity index is 1.34. The lowest BCUT2D eigenvalue weighted by atomic mass is 9.92. The van der Waals surface area contributed by atoms with E-state index in [-0.39, 0.29) is 17.7 Å². The number of allylic oxidation sites excluding steroid dienone is 1. The van der Waals surface area contributed by atoms with Crippen molar-refractivity contribution in [1.29, 1.82) is 0 Å². The van der Waals surface area contributed by atoms with Crippen LogP contribution in [-0.2, 0) is 9.59 Å². The number of rotatable bonds is 6. The summed E-state index contributed by atoms with van der Waals surface area (Å²) in [6.07, 6.45) is 6.51. The van der Waals surface area contributed by atoms with Gasteiger partial charge in [-0.15, -0.1) is 11.3 Å². The van der Waals surface area contributed by atoms with Crippen LogP contribution in [0.3, 0.4) is 0 Å². The van der Waals surface area contributed by atoms with Gasteiger partial charge in [0.25, 0.3) is 0 Å². The molecule has 3 aromatic rings. The van der Waals surface area contributed by atoms with E-state index in [0.717, 1.165) is 52.2 Å². The van der Waals surface area contributed by atoms with E-state index in [1.54, 1.807) is 18.4 Å². The number of aliphatic hydroxyl groups is 1. The second kappa shape index (κ2) is 12.9. The van der Waals surface area contributed by atoms with Crippen molar-refractivity contribution < 1.29 is 29.3 Å². The Morgan fingerprint density at radius 2 is 2.00 bits per heavy atom. The van der Waals surface area contributed by atoms with E-state index >= 15 is 0 Å². The Kier molecular flexibility index (Phi) is 9.11. The lowest BCUT2D eigenvalue weighted by molar-refractivity contribution is -0.145. The molecule has 1 amide bonds. The van der Waals surface area contributed by atoms with E-state index in [9.17, 15) is 19.8 Å². The van der Waals surface area contributed by atoms with Crippen LogP contribution in [0.4, 0.5) is 0 Å². The van der Waals surface area contributed by atoms with Gasteiger partial charge >= 0.3 is 5.97 Å². The van der Waals surface area contributed by atoms with E-state index in [2.05, 4.69) is 24.5 Å². The summed E-state index contributed by atoms with van der Waals surface area (Å²) in [6.45, 7) is 6.88. The average Bonchev–Trinajstić information content (AvgIpc) is 3.33. The normalized spacial score (nSPS) is 29.5. The van der Waals surface area contributed by atoms with Crippen LogP contribution in [0.1, 0.15) is 69.5 Å². The molecule has 6 atom stereocenters. The number of carbonyl (C=O) groups excluding carboxylic acids is 1. The summed E-state index contributed by atoms with van der Waals surface area (Å²) in [4.78, 5) is 38.0. The van der Waals surface area contributed by atoms with Crippen LogP contribution < -0.4 is 14.8 Å². The molecule has 0 bridgehead atoms. The van der Waals surface area contributed by atoms with Crippen molar-refractivity contribution in [2.24, 2.45) is 17.8 Å². The van der Waals surface area contributed by atoms with E-state index in [0.29, 0.717) is 37.3 Å². The maximum atomic E-state index is 13.9. The number of aliphatic hydroxyl groups excluding tert-OH is 1. The first-order valence-corrected chi connectivity index (χ1v) is 17.1. The lowest BCUT2D eigenvalue weighted by Gasteiger charge is -2.32. The first kappa shape index (κ1) is 32.4. The Morgan fingerprint density at radius 1 is 1.20 bits per heavy atom. The number of ether oxygens (including phenoxy) is 2. The number of methoxy groups -OCH3 is 1. The van der Waals surface area contributed by atoms with Gasteiger partial charge in [0.1, 0.15) is 34.0 Å². The van der Waals surface area contributed by atoms with Crippen molar-refractivity contribution in [3.8, 4) is 22.2 Å². The molecule has 46 heavy (non-hydrogen) atoms. The number of nitrogens with one attached hydrogen (secondary N) is 1. The number of fused-ring (bicyclic) bond motifs is 3. The molecule has 6 rings (SSSR count). The highest BCUT2D eigenvalue weighted by molar-refractivity contribution is 7.13. The fourth-order valence-corrected chi connectivity index (χ4v) is 7.96. The van der Waals surface area contributed by atoms with Gasteiger partial charge in [-0.1, -0.05) is 26.0 Å². The fourth-order valence-electron chi connectivity index (χ4n) is 7.02. The lowest BCUT2D eigenvalue weighted by Crippen LogP contribution is -2.50. The van der Waals surface area contributed by atoms with Gasteiger partial charge in [-0.05, 0) is 70.5 Å². The van der Waals surface area contributed by atoms with Gasteiger partial charge in [0.05, 0.1) is 24.4 Å². The minimum absolute atomic E-state index is 0.236. The standard InChI is InChI=1S/C35H44N4O6S/c1-19(2)27-18-46-32(37-27)26-16-29(23-11-12-28(44-5)20(3)30(23)36-26)45-22-14-24-25(15-22)33(41)39(4)13-9-7-6-8-10-21-17-35(21,34(42)43)38-31(24)40/h8,10-12,16,18-19,21-22,24-25,33,41H,6-7,9,13-15,17H2,1-5H3,(H,38,40)(H,42,43)/b10-8-/t21?,22-,24-,25?,33?,35?/m1/s1. The highest BCUT2D eigenvalue weighted by Gasteiger charge is 2.61. The zero-order chi connectivity index (χ0) is 32.7. The zero-order valence-electron chi connectivity index (χ0n) is 27.2. The number of aryl methyl sites for hydroxylation is 1. The molecule has 2 fully saturated rings. The smallest absolute Gasteiger partial charge is 0.330 e. The van der Waals surface area contributed by atoms with E-state index in [4.69, 9.17) is 19.4 Å². The van der Waals surface area contributed by atoms with Crippen LogP contribution >= 0.6 is 11.3 Å². The van der Waals surface area contributed by atoms with E-state index in [1.165, 1.54) is 0 Å². The third kappa shape index (κ3) is 6.12. The van der Waals surface area contributed by atoms with Gasteiger partial charge in [-0.2, -0.15) is 0 Å². The van der Waals surface area contributed by atoms with Gasteiger partial charge in [0, 0.05) is 46.7 Å². The van der Waals surface area contributed by atoms with Crippen LogP contribution in [0, 0.1) is 24.7 Å². The molecule has 11 heteroatoms. The summed E-state index contributed by atoms with van der Waals surface area (Å²) in [5.74, 6) is -1.02. The number of aromatic nitrogens is 2. The van der Waals surface area contributed by atoms with Gasteiger partial charge in [-0.3, -0.25) is 9.69 Å². The monoisotopic (exact) mass is 648 g/mol. The Bertz CT molecular complexity index is 1660. The van der Waals surface area contributed by atoms with Gasteiger partial charge < -0.3 is 25.0 Å². The van der Waals surface area contributed by atoms with Crippen molar-refractivity contribution in [2.45, 2.75) is 83.1 Å². The Hall–Kier alpha value is -3.54. The zero-order valence-corrected chi connectivity index (χ0v) is 28.0. The fraction of sp³-hybridized carbons (Fsp3) is 0.543. The van der Waals surface area contributed by atoms with E-state index in [1.807, 2.05) is 49.2 Å².